The van der Waals surface area contributed by atoms with E-state index in [4.69, 9.17) is 11.6 Å². The van der Waals surface area contributed by atoms with Crippen molar-refractivity contribution in [1.29, 1.82) is 0 Å². The van der Waals surface area contributed by atoms with Gasteiger partial charge in [-0.05, 0) is 49.7 Å². The van der Waals surface area contributed by atoms with Gasteiger partial charge in [-0.15, -0.1) is 0 Å². The average molecular weight is 443 g/mol. The molecule has 0 aliphatic rings. The quantitative estimate of drug-likeness (QED) is 0.582. The molecule has 0 radical (unpaired) electrons. The van der Waals surface area contributed by atoms with E-state index in [1.165, 1.54) is 30.3 Å². The van der Waals surface area contributed by atoms with E-state index in [1.54, 1.807) is 24.1 Å². The third kappa shape index (κ3) is 5.20. The molecular formula is C23H23ClN2O3S. The monoisotopic (exact) mass is 442 g/mol. The highest BCUT2D eigenvalue weighted by Gasteiger charge is 2.19. The van der Waals surface area contributed by atoms with Crippen molar-refractivity contribution in [1.82, 2.24) is 4.90 Å². The van der Waals surface area contributed by atoms with Gasteiger partial charge in [0.2, 0.25) is 0 Å². The number of carbonyl (C=O) groups is 1. The van der Waals surface area contributed by atoms with Crippen LogP contribution in [0.2, 0.25) is 5.02 Å². The Bertz CT molecular complexity index is 1160. The molecule has 0 saturated carbocycles. The second-order valence-corrected chi connectivity index (χ2v) is 9.35. The van der Waals surface area contributed by atoms with Crippen molar-refractivity contribution in [2.75, 3.05) is 11.8 Å². The molecule has 156 valence electrons. The van der Waals surface area contributed by atoms with Crippen LogP contribution < -0.4 is 4.72 Å². The fourth-order valence-electron chi connectivity index (χ4n) is 2.93. The largest absolute Gasteiger partial charge is 0.337 e. The van der Waals surface area contributed by atoms with Gasteiger partial charge in [-0.25, -0.2) is 8.42 Å². The second-order valence-electron chi connectivity index (χ2n) is 7.26. The third-order valence-corrected chi connectivity index (χ3v) is 6.39. The molecule has 5 nitrogen and oxygen atoms in total. The summed E-state index contributed by atoms with van der Waals surface area (Å²) >= 11 is 6.24. The summed E-state index contributed by atoms with van der Waals surface area (Å²) in [7, 11) is -2.09. The maximum absolute atomic E-state index is 12.9. The van der Waals surface area contributed by atoms with Gasteiger partial charge in [0.1, 0.15) is 0 Å². The second kappa shape index (κ2) is 8.90. The van der Waals surface area contributed by atoms with Crippen LogP contribution >= 0.6 is 11.6 Å². The maximum Gasteiger partial charge on any atom is 0.261 e. The molecule has 0 bridgehead atoms. The summed E-state index contributed by atoms with van der Waals surface area (Å²) in [5.41, 5.74) is 3.60. The van der Waals surface area contributed by atoms with Crippen LogP contribution in [-0.2, 0) is 16.6 Å². The Morgan fingerprint density at radius 2 is 1.50 bits per heavy atom. The zero-order valence-corrected chi connectivity index (χ0v) is 18.6. The molecule has 3 aromatic rings. The number of nitrogens with zero attached hydrogens (tertiary/aromatic N) is 1. The minimum Gasteiger partial charge on any atom is -0.337 e. The number of carbonyl (C=O) groups excluding carboxylic acids is 1. The van der Waals surface area contributed by atoms with Gasteiger partial charge < -0.3 is 4.90 Å². The SMILES string of the molecule is Cc1ccc(CN(C)C(=O)c2cc(NS(=O)(=O)c3ccc(C)cc3)ccc2Cl)cc1. The number of rotatable bonds is 6. The molecular weight excluding hydrogens is 420 g/mol. The lowest BCUT2D eigenvalue weighted by Gasteiger charge is -2.19. The molecule has 0 unspecified atom stereocenters. The van der Waals surface area contributed by atoms with Crippen LogP contribution in [0.4, 0.5) is 5.69 Å². The maximum atomic E-state index is 12.9. The summed E-state index contributed by atoms with van der Waals surface area (Å²) in [5, 5.41) is 0.258. The van der Waals surface area contributed by atoms with Crippen LogP contribution in [0.1, 0.15) is 27.0 Å². The molecule has 1 amide bonds. The van der Waals surface area contributed by atoms with Gasteiger partial charge in [-0.2, -0.15) is 0 Å². The molecule has 0 aromatic heterocycles. The van der Waals surface area contributed by atoms with Crippen molar-refractivity contribution >= 4 is 33.2 Å². The number of sulfonamides is 1. The Morgan fingerprint density at radius 1 is 0.933 bits per heavy atom. The number of aryl methyl sites for hydroxylation is 2. The van der Waals surface area contributed by atoms with E-state index >= 15 is 0 Å². The van der Waals surface area contributed by atoms with E-state index in [-0.39, 0.29) is 27.1 Å². The molecule has 0 fully saturated rings. The van der Waals surface area contributed by atoms with E-state index in [9.17, 15) is 13.2 Å². The first-order chi connectivity index (χ1) is 14.2. The Balaban J connectivity index is 1.81. The first-order valence-electron chi connectivity index (χ1n) is 9.36. The summed E-state index contributed by atoms with van der Waals surface area (Å²) in [6.45, 7) is 4.30. The van der Waals surface area contributed by atoms with Gasteiger partial charge in [0.05, 0.1) is 15.5 Å². The van der Waals surface area contributed by atoms with Crippen molar-refractivity contribution in [3.63, 3.8) is 0 Å². The van der Waals surface area contributed by atoms with Crippen LogP contribution in [0.5, 0.6) is 0 Å². The molecule has 1 N–H and O–H groups in total. The highest BCUT2D eigenvalue weighted by molar-refractivity contribution is 7.92. The zero-order chi connectivity index (χ0) is 21.9. The fraction of sp³-hybridized carbons (Fsp3) is 0.174. The third-order valence-electron chi connectivity index (χ3n) is 4.67. The lowest BCUT2D eigenvalue weighted by Crippen LogP contribution is -2.26. The summed E-state index contributed by atoms with van der Waals surface area (Å²) in [5.74, 6) is -0.294. The van der Waals surface area contributed by atoms with E-state index in [2.05, 4.69) is 4.72 Å². The fourth-order valence-corrected chi connectivity index (χ4v) is 4.18. The highest BCUT2D eigenvalue weighted by atomic mass is 35.5. The zero-order valence-electron chi connectivity index (χ0n) is 17.0. The lowest BCUT2D eigenvalue weighted by atomic mass is 10.1. The Kier molecular flexibility index (Phi) is 6.48. The normalized spacial score (nSPS) is 11.2. The predicted octanol–water partition coefficient (Wildman–Crippen LogP) is 5.03. The predicted molar refractivity (Wildman–Crippen MR) is 120 cm³/mol. The molecule has 7 heteroatoms. The number of hydrogen-bond donors (Lipinski definition) is 1. The summed E-state index contributed by atoms with van der Waals surface area (Å²) < 4.78 is 27.8. The molecule has 3 rings (SSSR count). The standard InChI is InChI=1S/C23H23ClN2O3S/c1-16-4-8-18(9-5-16)15-26(3)23(27)21-14-19(10-13-22(21)24)25-30(28,29)20-11-6-17(2)7-12-20/h4-14,25H,15H2,1-3H3. The summed E-state index contributed by atoms with van der Waals surface area (Å²) in [6.07, 6.45) is 0. The Labute approximate surface area is 182 Å². The van der Waals surface area contributed by atoms with Crippen molar-refractivity contribution in [2.24, 2.45) is 0 Å². The molecule has 0 spiro atoms. The topological polar surface area (TPSA) is 66.5 Å². The number of nitrogens with one attached hydrogen (secondary N) is 1. The first kappa shape index (κ1) is 21.9. The van der Waals surface area contributed by atoms with Gasteiger partial charge >= 0.3 is 0 Å². The molecule has 30 heavy (non-hydrogen) atoms. The molecule has 3 aromatic carbocycles. The van der Waals surface area contributed by atoms with E-state index in [1.807, 2.05) is 38.1 Å². The van der Waals surface area contributed by atoms with Crippen LogP contribution in [0, 0.1) is 13.8 Å². The first-order valence-corrected chi connectivity index (χ1v) is 11.2. The smallest absolute Gasteiger partial charge is 0.261 e. The van der Waals surface area contributed by atoms with Gasteiger partial charge in [-0.3, -0.25) is 9.52 Å². The van der Waals surface area contributed by atoms with Crippen LogP contribution in [0.15, 0.2) is 71.6 Å². The number of amides is 1. The minimum atomic E-state index is -3.78. The Hall–Kier alpha value is -2.83. The molecule has 0 aliphatic carbocycles. The van der Waals surface area contributed by atoms with Crippen LogP contribution in [0.25, 0.3) is 0 Å². The molecule has 0 atom stereocenters. The van der Waals surface area contributed by atoms with E-state index in [0.717, 1.165) is 16.7 Å². The number of halogens is 1. The summed E-state index contributed by atoms with van der Waals surface area (Å²) in [6, 6.07) is 18.9. The van der Waals surface area contributed by atoms with Gasteiger partial charge in [0.25, 0.3) is 15.9 Å². The highest BCUT2D eigenvalue weighted by Crippen LogP contribution is 2.24. The van der Waals surface area contributed by atoms with Crippen molar-refractivity contribution < 1.29 is 13.2 Å². The number of hydrogen-bond acceptors (Lipinski definition) is 3. The van der Waals surface area contributed by atoms with Crippen molar-refractivity contribution in [3.8, 4) is 0 Å². The van der Waals surface area contributed by atoms with E-state index < -0.39 is 10.0 Å². The van der Waals surface area contributed by atoms with Crippen LogP contribution in [-0.4, -0.2) is 26.3 Å². The minimum absolute atomic E-state index is 0.146. The van der Waals surface area contributed by atoms with Gasteiger partial charge in [0.15, 0.2) is 0 Å². The molecule has 0 heterocycles. The van der Waals surface area contributed by atoms with Gasteiger partial charge in [0, 0.05) is 19.3 Å². The Morgan fingerprint density at radius 3 is 2.10 bits per heavy atom. The van der Waals surface area contributed by atoms with Crippen molar-refractivity contribution in [3.05, 3.63) is 94.0 Å². The number of anilines is 1. The molecule has 0 aliphatic heterocycles. The molecule has 0 saturated heterocycles. The van der Waals surface area contributed by atoms with Gasteiger partial charge in [-0.1, -0.05) is 59.1 Å². The lowest BCUT2D eigenvalue weighted by molar-refractivity contribution is 0.0785. The number of benzene rings is 3. The summed E-state index contributed by atoms with van der Waals surface area (Å²) in [4.78, 5) is 14.6. The van der Waals surface area contributed by atoms with E-state index in [0.29, 0.717) is 6.54 Å². The van der Waals surface area contributed by atoms with Crippen molar-refractivity contribution in [2.45, 2.75) is 25.3 Å². The average Bonchev–Trinajstić information content (AvgIpc) is 2.70. The van der Waals surface area contributed by atoms with Crippen LogP contribution in [0.3, 0.4) is 0 Å².